The summed E-state index contributed by atoms with van der Waals surface area (Å²) in [6.07, 6.45) is 5.60. The molecule has 1 aliphatic carbocycles. The number of halogens is 1. The molecule has 1 saturated heterocycles. The van der Waals surface area contributed by atoms with E-state index in [2.05, 4.69) is 41.1 Å². The highest BCUT2D eigenvalue weighted by atomic mass is 19.1. The predicted molar refractivity (Wildman–Crippen MR) is 126 cm³/mol. The molecule has 174 valence electrons. The molecule has 0 atom stereocenters. The van der Waals surface area contributed by atoms with Gasteiger partial charge in [0.15, 0.2) is 0 Å². The molecule has 0 spiro atoms. The van der Waals surface area contributed by atoms with Crippen molar-refractivity contribution in [3.8, 4) is 11.1 Å². The zero-order valence-corrected chi connectivity index (χ0v) is 18.7. The first-order valence-electron chi connectivity index (χ1n) is 11.0. The van der Waals surface area contributed by atoms with Crippen LogP contribution in [0.25, 0.3) is 16.7 Å². The number of rotatable bonds is 6. The number of hydrogen-bond donors (Lipinski definition) is 2. The van der Waals surface area contributed by atoms with Crippen LogP contribution in [0.2, 0.25) is 0 Å². The lowest BCUT2D eigenvalue weighted by Crippen LogP contribution is -2.44. The molecule has 0 radical (unpaired) electrons. The molecular formula is C26H29FN2O4. The van der Waals surface area contributed by atoms with E-state index >= 15 is 0 Å². The van der Waals surface area contributed by atoms with E-state index in [4.69, 9.17) is 10.2 Å². The Hall–Kier alpha value is -3.29. The fraction of sp³-hybridized carbons (Fsp3) is 0.308. The van der Waals surface area contributed by atoms with Crippen molar-refractivity contribution < 1.29 is 24.2 Å². The minimum absolute atomic E-state index is 0.178. The number of carboxylic acid groups (broad SMARTS) is 2. The maximum absolute atomic E-state index is 13.2. The number of carbonyl (C=O) groups is 2. The van der Waals surface area contributed by atoms with E-state index in [1.807, 2.05) is 12.1 Å². The second-order valence-corrected chi connectivity index (χ2v) is 8.18. The summed E-state index contributed by atoms with van der Waals surface area (Å²) in [5.41, 5.74) is 6.59. The molecule has 0 amide bonds. The molecule has 33 heavy (non-hydrogen) atoms. The van der Waals surface area contributed by atoms with Crippen molar-refractivity contribution >= 4 is 17.5 Å². The summed E-state index contributed by atoms with van der Waals surface area (Å²) >= 11 is 0. The Morgan fingerprint density at radius 1 is 0.939 bits per heavy atom. The summed E-state index contributed by atoms with van der Waals surface area (Å²) in [5.74, 6) is -2.69. The normalized spacial score (nSPS) is 16.1. The third-order valence-electron chi connectivity index (χ3n) is 5.89. The van der Waals surface area contributed by atoms with Gasteiger partial charge in [0.25, 0.3) is 0 Å². The van der Waals surface area contributed by atoms with Gasteiger partial charge in [0.1, 0.15) is 5.82 Å². The van der Waals surface area contributed by atoms with E-state index in [0.29, 0.717) is 12.2 Å². The van der Waals surface area contributed by atoms with Crippen LogP contribution in [0.3, 0.4) is 0 Å². The Kier molecular flexibility index (Phi) is 8.52. The van der Waals surface area contributed by atoms with Gasteiger partial charge < -0.3 is 20.0 Å². The Bertz CT molecular complexity index is 1020. The van der Waals surface area contributed by atoms with Gasteiger partial charge in [-0.25, -0.2) is 14.0 Å². The van der Waals surface area contributed by atoms with Crippen molar-refractivity contribution in [2.75, 3.05) is 39.8 Å². The Morgan fingerprint density at radius 2 is 1.55 bits per heavy atom. The summed E-state index contributed by atoms with van der Waals surface area (Å²) in [5, 5.41) is 15.6. The van der Waals surface area contributed by atoms with Crippen molar-refractivity contribution in [3.05, 3.63) is 77.6 Å². The van der Waals surface area contributed by atoms with E-state index in [1.54, 1.807) is 12.1 Å². The monoisotopic (exact) mass is 452 g/mol. The van der Waals surface area contributed by atoms with Gasteiger partial charge in [-0.1, -0.05) is 36.4 Å². The number of likely N-dealkylation sites (N-methyl/N-ethyl adjacent to an activating group) is 1. The maximum Gasteiger partial charge on any atom is 0.328 e. The van der Waals surface area contributed by atoms with Crippen molar-refractivity contribution in [2.24, 2.45) is 0 Å². The lowest BCUT2D eigenvalue weighted by atomic mass is 9.94. The molecule has 2 aliphatic rings. The zero-order valence-electron chi connectivity index (χ0n) is 18.7. The molecular weight excluding hydrogens is 423 g/mol. The summed E-state index contributed by atoms with van der Waals surface area (Å²) in [4.78, 5) is 24.1. The largest absolute Gasteiger partial charge is 0.478 e. The number of aliphatic carboxylic acids is 2. The van der Waals surface area contributed by atoms with E-state index in [-0.39, 0.29) is 5.82 Å². The lowest BCUT2D eigenvalue weighted by Gasteiger charge is -2.32. The van der Waals surface area contributed by atoms with Crippen LogP contribution in [-0.2, 0) is 16.0 Å². The van der Waals surface area contributed by atoms with Crippen molar-refractivity contribution in [1.29, 1.82) is 0 Å². The van der Waals surface area contributed by atoms with E-state index < -0.39 is 11.9 Å². The smallest absolute Gasteiger partial charge is 0.328 e. The number of nitrogens with zero attached hydrogens (tertiary/aromatic N) is 2. The predicted octanol–water partition coefficient (Wildman–Crippen LogP) is 3.78. The van der Waals surface area contributed by atoms with Crippen LogP contribution in [0.4, 0.5) is 4.39 Å². The third-order valence-corrected chi connectivity index (χ3v) is 5.89. The number of carboxylic acids is 2. The second-order valence-electron chi connectivity index (χ2n) is 8.18. The van der Waals surface area contributed by atoms with Crippen molar-refractivity contribution in [1.82, 2.24) is 9.80 Å². The van der Waals surface area contributed by atoms with Gasteiger partial charge in [-0.2, -0.15) is 0 Å². The zero-order chi connectivity index (χ0) is 23.8. The Labute approximate surface area is 193 Å². The molecule has 7 heteroatoms. The Balaban J connectivity index is 0.000000331. The minimum atomic E-state index is -1.26. The average molecular weight is 453 g/mol. The molecule has 4 rings (SSSR count). The van der Waals surface area contributed by atoms with Gasteiger partial charge in [-0.15, -0.1) is 0 Å². The van der Waals surface area contributed by atoms with E-state index in [0.717, 1.165) is 24.9 Å². The van der Waals surface area contributed by atoms with Gasteiger partial charge in [-0.3, -0.25) is 0 Å². The van der Waals surface area contributed by atoms with Crippen LogP contribution in [0.5, 0.6) is 0 Å². The summed E-state index contributed by atoms with van der Waals surface area (Å²) in [6.45, 7) is 5.83. The first-order chi connectivity index (χ1) is 15.8. The second kappa shape index (κ2) is 11.5. The van der Waals surface area contributed by atoms with Crippen molar-refractivity contribution in [2.45, 2.75) is 12.8 Å². The van der Waals surface area contributed by atoms with E-state index in [1.165, 1.54) is 48.4 Å². The minimum Gasteiger partial charge on any atom is -0.478 e. The highest BCUT2D eigenvalue weighted by molar-refractivity contribution is 5.89. The van der Waals surface area contributed by atoms with Crippen LogP contribution >= 0.6 is 0 Å². The lowest BCUT2D eigenvalue weighted by molar-refractivity contribution is -0.134. The fourth-order valence-corrected chi connectivity index (χ4v) is 4.07. The van der Waals surface area contributed by atoms with Crippen LogP contribution in [0, 0.1) is 5.82 Å². The van der Waals surface area contributed by atoms with Crippen LogP contribution in [0.1, 0.15) is 17.5 Å². The number of piperazine rings is 1. The molecule has 1 heterocycles. The number of allylic oxidation sites excluding steroid dienone is 1. The fourth-order valence-electron chi connectivity index (χ4n) is 4.07. The van der Waals surface area contributed by atoms with Crippen LogP contribution < -0.4 is 0 Å². The van der Waals surface area contributed by atoms with Gasteiger partial charge in [0.2, 0.25) is 0 Å². The standard InChI is InChI=1S/C22H25FN2.C4H4O4/c1-24-13-15-25(16-14-24)12-11-18-7-10-22-20(3-2-4-21(18)22)17-5-8-19(23)9-6-17;5-3(6)1-2-4(7)8/h2-9H,10-16H2,1H3;1-2H,(H,5,6)(H,7,8). The van der Waals surface area contributed by atoms with Gasteiger partial charge in [0, 0.05) is 44.9 Å². The van der Waals surface area contributed by atoms with Crippen LogP contribution in [-0.4, -0.2) is 71.7 Å². The third kappa shape index (κ3) is 7.10. The molecule has 2 aromatic carbocycles. The first-order valence-corrected chi connectivity index (χ1v) is 11.0. The summed E-state index contributed by atoms with van der Waals surface area (Å²) in [7, 11) is 2.20. The molecule has 2 N–H and O–H groups in total. The molecule has 0 saturated carbocycles. The van der Waals surface area contributed by atoms with Gasteiger partial charge in [0.05, 0.1) is 0 Å². The number of fused-ring (bicyclic) bond motifs is 1. The molecule has 1 aliphatic heterocycles. The first kappa shape index (κ1) is 24.4. The maximum atomic E-state index is 13.2. The molecule has 6 nitrogen and oxygen atoms in total. The van der Waals surface area contributed by atoms with Crippen LogP contribution in [0.15, 0.2) is 60.7 Å². The average Bonchev–Trinajstić information content (AvgIpc) is 3.22. The van der Waals surface area contributed by atoms with Gasteiger partial charge in [-0.05, 0) is 59.8 Å². The quantitative estimate of drug-likeness (QED) is 0.650. The number of benzene rings is 2. The van der Waals surface area contributed by atoms with Crippen molar-refractivity contribution in [3.63, 3.8) is 0 Å². The molecule has 2 aromatic rings. The molecule has 0 unspecified atom stereocenters. The molecule has 0 bridgehead atoms. The molecule has 1 fully saturated rings. The topological polar surface area (TPSA) is 81.1 Å². The summed E-state index contributed by atoms with van der Waals surface area (Å²) in [6, 6.07) is 13.4. The highest BCUT2D eigenvalue weighted by Crippen LogP contribution is 2.36. The number of hydrogen-bond acceptors (Lipinski definition) is 4. The Morgan fingerprint density at radius 3 is 2.15 bits per heavy atom. The highest BCUT2D eigenvalue weighted by Gasteiger charge is 2.19. The SMILES string of the molecule is CN1CCN(CCC2=CCc3c2cccc3-c2ccc(F)cc2)CC1.O=C(O)C=CC(=O)O. The summed E-state index contributed by atoms with van der Waals surface area (Å²) < 4.78 is 13.2. The van der Waals surface area contributed by atoms with Gasteiger partial charge >= 0.3 is 11.9 Å². The van der Waals surface area contributed by atoms with E-state index in [9.17, 15) is 14.0 Å². The molecule has 0 aromatic heterocycles.